The van der Waals surface area contributed by atoms with E-state index in [-0.39, 0.29) is 31.5 Å². The van der Waals surface area contributed by atoms with E-state index in [2.05, 4.69) is 5.32 Å². The normalized spacial score (nSPS) is 31.1. The molecule has 2 atom stereocenters. The summed E-state index contributed by atoms with van der Waals surface area (Å²) in [6, 6.07) is -0.257. The first-order valence-corrected chi connectivity index (χ1v) is 5.57. The molecule has 6 heteroatoms. The maximum Gasteiger partial charge on any atom is 0.393 e. The summed E-state index contributed by atoms with van der Waals surface area (Å²) in [6.45, 7) is 0.856. The molecule has 2 aliphatic rings. The molecule has 16 heavy (non-hydrogen) atoms. The van der Waals surface area contributed by atoms with Gasteiger partial charge in [-0.25, -0.2) is 0 Å². The second kappa shape index (κ2) is 4.24. The van der Waals surface area contributed by atoms with Crippen molar-refractivity contribution in [1.29, 1.82) is 0 Å². The number of halogens is 3. The lowest BCUT2D eigenvalue weighted by molar-refractivity contribution is -0.171. The molecule has 0 aliphatic carbocycles. The summed E-state index contributed by atoms with van der Waals surface area (Å²) in [5, 5.41) is 3.01. The van der Waals surface area contributed by atoms with Crippen LogP contribution in [-0.2, 0) is 4.79 Å². The molecular weight excluding hydrogens is 221 g/mol. The van der Waals surface area contributed by atoms with E-state index in [1.807, 2.05) is 0 Å². The van der Waals surface area contributed by atoms with Crippen molar-refractivity contribution in [3.8, 4) is 0 Å². The maximum atomic E-state index is 12.4. The van der Waals surface area contributed by atoms with Crippen molar-refractivity contribution < 1.29 is 18.0 Å². The Balaban J connectivity index is 1.90. The monoisotopic (exact) mass is 236 g/mol. The van der Waals surface area contributed by atoms with Crippen LogP contribution in [0.2, 0.25) is 0 Å². The van der Waals surface area contributed by atoms with Gasteiger partial charge in [-0.1, -0.05) is 0 Å². The number of likely N-dealkylation sites (tertiary alicyclic amines) is 1. The quantitative estimate of drug-likeness (QED) is 0.740. The largest absolute Gasteiger partial charge is 0.393 e. The Labute approximate surface area is 92.0 Å². The van der Waals surface area contributed by atoms with Gasteiger partial charge in [0.1, 0.15) is 0 Å². The van der Waals surface area contributed by atoms with Gasteiger partial charge in [0.25, 0.3) is 0 Å². The van der Waals surface area contributed by atoms with Crippen LogP contribution in [-0.4, -0.2) is 42.7 Å². The summed E-state index contributed by atoms with van der Waals surface area (Å²) in [6.07, 6.45) is -2.46. The number of alkyl halides is 3. The summed E-state index contributed by atoms with van der Waals surface area (Å²) >= 11 is 0. The Morgan fingerprint density at radius 1 is 1.31 bits per heavy atom. The summed E-state index contributed by atoms with van der Waals surface area (Å²) in [7, 11) is 0. The fourth-order valence-electron chi connectivity index (χ4n) is 2.34. The molecule has 2 heterocycles. The molecule has 0 aromatic carbocycles. The molecule has 92 valence electrons. The van der Waals surface area contributed by atoms with E-state index < -0.39 is 12.1 Å². The Morgan fingerprint density at radius 3 is 2.56 bits per heavy atom. The van der Waals surface area contributed by atoms with E-state index in [4.69, 9.17) is 0 Å². The zero-order valence-electron chi connectivity index (χ0n) is 8.89. The van der Waals surface area contributed by atoms with E-state index in [1.54, 1.807) is 0 Å². The van der Waals surface area contributed by atoms with Crippen molar-refractivity contribution >= 4 is 5.91 Å². The first-order valence-electron chi connectivity index (χ1n) is 5.57. The summed E-state index contributed by atoms with van der Waals surface area (Å²) in [5.41, 5.74) is 0. The van der Waals surface area contributed by atoms with Gasteiger partial charge in [0, 0.05) is 13.1 Å². The lowest BCUT2D eigenvalue weighted by atomic mass is 10.1. The van der Waals surface area contributed by atoms with Gasteiger partial charge in [-0.05, 0) is 25.8 Å². The van der Waals surface area contributed by atoms with Crippen LogP contribution in [0.3, 0.4) is 0 Å². The van der Waals surface area contributed by atoms with Gasteiger partial charge in [0.2, 0.25) is 5.91 Å². The van der Waals surface area contributed by atoms with Crippen LogP contribution in [0.15, 0.2) is 0 Å². The molecule has 3 nitrogen and oxygen atoms in total. The van der Waals surface area contributed by atoms with E-state index in [0.29, 0.717) is 0 Å². The SMILES string of the molecule is O=C([C@@H]1CCCN1)N1CC[C@H](C(F)(F)F)C1. The third-order valence-electron chi connectivity index (χ3n) is 3.32. The fraction of sp³-hybridized carbons (Fsp3) is 0.900. The Morgan fingerprint density at radius 2 is 2.06 bits per heavy atom. The van der Waals surface area contributed by atoms with Crippen molar-refractivity contribution in [2.45, 2.75) is 31.5 Å². The molecule has 2 rings (SSSR count). The smallest absolute Gasteiger partial charge is 0.341 e. The highest BCUT2D eigenvalue weighted by atomic mass is 19.4. The number of hydrogen-bond donors (Lipinski definition) is 1. The first-order chi connectivity index (χ1) is 7.48. The second-order valence-electron chi connectivity index (χ2n) is 4.46. The van der Waals surface area contributed by atoms with E-state index >= 15 is 0 Å². The highest BCUT2D eigenvalue weighted by molar-refractivity contribution is 5.82. The van der Waals surface area contributed by atoms with Crippen LogP contribution in [0.25, 0.3) is 0 Å². The number of rotatable bonds is 1. The molecule has 0 bridgehead atoms. The number of nitrogens with zero attached hydrogens (tertiary/aromatic N) is 1. The van der Waals surface area contributed by atoms with Crippen molar-refractivity contribution in [1.82, 2.24) is 10.2 Å². The Bertz CT molecular complexity index is 274. The summed E-state index contributed by atoms with van der Waals surface area (Å²) in [5.74, 6) is -1.50. The van der Waals surface area contributed by atoms with Crippen molar-refractivity contribution in [2.75, 3.05) is 19.6 Å². The first kappa shape index (κ1) is 11.7. The molecule has 0 aromatic heterocycles. The van der Waals surface area contributed by atoms with Gasteiger partial charge in [-0.3, -0.25) is 4.79 Å². The molecule has 0 spiro atoms. The highest BCUT2D eigenvalue weighted by Crippen LogP contribution is 2.33. The van der Waals surface area contributed by atoms with Crippen LogP contribution in [0, 0.1) is 5.92 Å². The number of nitrogens with one attached hydrogen (secondary N) is 1. The van der Waals surface area contributed by atoms with Gasteiger partial charge >= 0.3 is 6.18 Å². The predicted molar refractivity (Wildman–Crippen MR) is 51.8 cm³/mol. The number of hydrogen-bond acceptors (Lipinski definition) is 2. The molecule has 1 amide bonds. The predicted octanol–water partition coefficient (Wildman–Crippen LogP) is 1.15. The van der Waals surface area contributed by atoms with Crippen LogP contribution in [0.1, 0.15) is 19.3 Å². The lowest BCUT2D eigenvalue weighted by Gasteiger charge is -2.21. The van der Waals surface area contributed by atoms with Crippen LogP contribution >= 0.6 is 0 Å². The molecular formula is C10H15F3N2O. The van der Waals surface area contributed by atoms with Gasteiger partial charge < -0.3 is 10.2 Å². The third kappa shape index (κ3) is 2.31. The molecule has 0 unspecified atom stereocenters. The Hall–Kier alpha value is -0.780. The maximum absolute atomic E-state index is 12.4. The van der Waals surface area contributed by atoms with Crippen LogP contribution in [0.5, 0.6) is 0 Å². The third-order valence-corrected chi connectivity index (χ3v) is 3.32. The topological polar surface area (TPSA) is 32.3 Å². The molecule has 2 aliphatic heterocycles. The van der Waals surface area contributed by atoms with Gasteiger partial charge in [0.15, 0.2) is 0 Å². The minimum absolute atomic E-state index is 0.0436. The molecule has 2 fully saturated rings. The Kier molecular flexibility index (Phi) is 3.10. The van der Waals surface area contributed by atoms with E-state index in [9.17, 15) is 18.0 Å². The fourth-order valence-corrected chi connectivity index (χ4v) is 2.34. The summed E-state index contributed by atoms with van der Waals surface area (Å²) in [4.78, 5) is 13.2. The van der Waals surface area contributed by atoms with Crippen LogP contribution in [0.4, 0.5) is 13.2 Å². The number of amides is 1. The molecule has 0 aromatic rings. The molecule has 0 radical (unpaired) electrons. The average molecular weight is 236 g/mol. The number of carbonyl (C=O) groups is 1. The van der Waals surface area contributed by atoms with Crippen LogP contribution < -0.4 is 5.32 Å². The number of carbonyl (C=O) groups excluding carboxylic acids is 1. The van der Waals surface area contributed by atoms with Gasteiger partial charge in [-0.15, -0.1) is 0 Å². The molecule has 0 saturated carbocycles. The van der Waals surface area contributed by atoms with Crippen molar-refractivity contribution in [3.05, 3.63) is 0 Å². The highest BCUT2D eigenvalue weighted by Gasteiger charge is 2.45. The average Bonchev–Trinajstić information content (AvgIpc) is 2.87. The molecule has 2 saturated heterocycles. The van der Waals surface area contributed by atoms with Gasteiger partial charge in [0.05, 0.1) is 12.0 Å². The zero-order chi connectivity index (χ0) is 11.8. The van der Waals surface area contributed by atoms with E-state index in [0.717, 1.165) is 19.4 Å². The van der Waals surface area contributed by atoms with E-state index in [1.165, 1.54) is 4.90 Å². The standard InChI is InChI=1S/C10H15F3N2O/c11-10(12,13)7-3-5-15(6-7)9(16)8-2-1-4-14-8/h7-8,14H,1-6H2/t7-,8-/m0/s1. The van der Waals surface area contributed by atoms with Gasteiger partial charge in [-0.2, -0.15) is 13.2 Å². The van der Waals surface area contributed by atoms with Crippen molar-refractivity contribution in [2.24, 2.45) is 5.92 Å². The lowest BCUT2D eigenvalue weighted by Crippen LogP contribution is -2.43. The molecule has 1 N–H and O–H groups in total. The zero-order valence-corrected chi connectivity index (χ0v) is 8.89. The minimum atomic E-state index is -4.17. The summed E-state index contributed by atoms with van der Waals surface area (Å²) < 4.78 is 37.3. The van der Waals surface area contributed by atoms with Crippen molar-refractivity contribution in [3.63, 3.8) is 0 Å². The second-order valence-corrected chi connectivity index (χ2v) is 4.46. The minimum Gasteiger partial charge on any atom is -0.341 e.